The maximum absolute atomic E-state index is 12.9. The third kappa shape index (κ3) is 5.13. The van der Waals surface area contributed by atoms with Crippen LogP contribution < -0.4 is 15.4 Å². The highest BCUT2D eigenvalue weighted by molar-refractivity contribution is 7.13. The molecule has 0 atom stereocenters. The number of hydrogen-bond acceptors (Lipinski definition) is 6. The van der Waals surface area contributed by atoms with E-state index in [1.54, 1.807) is 6.07 Å². The molecule has 0 saturated carbocycles. The number of aliphatic hydroxyl groups is 2. The molecule has 7 nitrogen and oxygen atoms in total. The van der Waals surface area contributed by atoms with E-state index in [1.165, 1.54) is 23.6 Å². The SMILES string of the molecule is CC(F)(F)Oc1ccccc1NC(=O)Nc1nc(C(O)O)cs1. The number of anilines is 2. The van der Waals surface area contributed by atoms with Crippen LogP contribution in [0.4, 0.5) is 24.4 Å². The van der Waals surface area contributed by atoms with Crippen LogP contribution in [0.2, 0.25) is 0 Å². The number of ether oxygens (including phenoxy) is 1. The molecule has 2 rings (SSSR count). The molecule has 0 aliphatic heterocycles. The molecule has 0 aliphatic rings. The predicted molar refractivity (Wildman–Crippen MR) is 79.6 cm³/mol. The van der Waals surface area contributed by atoms with Crippen molar-refractivity contribution in [3.8, 4) is 5.75 Å². The van der Waals surface area contributed by atoms with Crippen LogP contribution in [0.25, 0.3) is 0 Å². The van der Waals surface area contributed by atoms with Gasteiger partial charge in [-0.2, -0.15) is 8.78 Å². The zero-order valence-corrected chi connectivity index (χ0v) is 12.6. The molecule has 0 fully saturated rings. The Kier molecular flexibility index (Phi) is 5.08. The number of benzene rings is 1. The Balaban J connectivity index is 2.05. The standard InChI is InChI=1S/C13H13F2N3O4S/c1-13(14,15)22-9-5-3-2-4-7(9)16-11(21)18-12-17-8(6-23-12)10(19)20/h2-6,10,19-20H,1H3,(H2,16,17,18,21). The lowest BCUT2D eigenvalue weighted by molar-refractivity contribution is -0.158. The lowest BCUT2D eigenvalue weighted by atomic mass is 10.3. The lowest BCUT2D eigenvalue weighted by Crippen LogP contribution is -2.23. The van der Waals surface area contributed by atoms with Crippen LogP contribution in [-0.4, -0.2) is 27.3 Å². The molecule has 0 aliphatic carbocycles. The summed E-state index contributed by atoms with van der Waals surface area (Å²) >= 11 is 0.977. The summed E-state index contributed by atoms with van der Waals surface area (Å²) in [7, 11) is 0. The molecule has 0 radical (unpaired) electrons. The minimum absolute atomic E-state index is 0.0142. The molecule has 0 unspecified atom stereocenters. The number of hydrogen-bond donors (Lipinski definition) is 4. The highest BCUT2D eigenvalue weighted by atomic mass is 32.1. The number of halogens is 2. The van der Waals surface area contributed by atoms with Crippen molar-refractivity contribution in [2.24, 2.45) is 0 Å². The average Bonchev–Trinajstić information content (AvgIpc) is 2.88. The van der Waals surface area contributed by atoms with Crippen LogP contribution in [0, 0.1) is 0 Å². The molecule has 1 heterocycles. The Morgan fingerprint density at radius 2 is 2.04 bits per heavy atom. The number of carbonyl (C=O) groups is 1. The van der Waals surface area contributed by atoms with Crippen molar-refractivity contribution in [3.63, 3.8) is 0 Å². The van der Waals surface area contributed by atoms with Gasteiger partial charge in [-0.25, -0.2) is 9.78 Å². The number of rotatable bonds is 5. The number of urea groups is 1. The van der Waals surface area contributed by atoms with Gasteiger partial charge < -0.3 is 20.3 Å². The van der Waals surface area contributed by atoms with Crippen LogP contribution >= 0.6 is 11.3 Å². The highest BCUT2D eigenvalue weighted by Gasteiger charge is 2.25. The lowest BCUT2D eigenvalue weighted by Gasteiger charge is -2.16. The zero-order valence-electron chi connectivity index (χ0n) is 11.8. The van der Waals surface area contributed by atoms with E-state index in [9.17, 15) is 13.6 Å². The van der Waals surface area contributed by atoms with Crippen molar-refractivity contribution in [2.45, 2.75) is 19.3 Å². The van der Waals surface area contributed by atoms with E-state index in [4.69, 9.17) is 10.2 Å². The quantitative estimate of drug-likeness (QED) is 0.624. The largest absolute Gasteiger partial charge is 0.431 e. The zero-order chi connectivity index (χ0) is 17.0. The molecule has 0 saturated heterocycles. The van der Waals surface area contributed by atoms with Crippen LogP contribution in [0.15, 0.2) is 29.6 Å². The van der Waals surface area contributed by atoms with E-state index in [0.717, 1.165) is 11.3 Å². The minimum atomic E-state index is -3.39. The van der Waals surface area contributed by atoms with Crippen molar-refractivity contribution >= 4 is 28.2 Å². The smallest absolute Gasteiger partial charge is 0.394 e. The Bertz CT molecular complexity index is 688. The number of alkyl halides is 2. The molecule has 1 aromatic carbocycles. The van der Waals surface area contributed by atoms with Gasteiger partial charge in [0.25, 0.3) is 0 Å². The summed E-state index contributed by atoms with van der Waals surface area (Å²) in [4.78, 5) is 15.6. The monoisotopic (exact) mass is 345 g/mol. The van der Waals surface area contributed by atoms with Crippen LogP contribution in [0.5, 0.6) is 5.75 Å². The fourth-order valence-electron chi connectivity index (χ4n) is 1.56. The van der Waals surface area contributed by atoms with E-state index in [-0.39, 0.29) is 22.3 Å². The van der Waals surface area contributed by atoms with Crippen LogP contribution in [-0.2, 0) is 0 Å². The molecular weight excluding hydrogens is 332 g/mol. The van der Waals surface area contributed by atoms with Gasteiger partial charge in [-0.15, -0.1) is 11.3 Å². The van der Waals surface area contributed by atoms with E-state index < -0.39 is 18.4 Å². The summed E-state index contributed by atoms with van der Waals surface area (Å²) in [6, 6.07) is 4.97. The average molecular weight is 345 g/mol. The second-order valence-electron chi connectivity index (χ2n) is 4.44. The van der Waals surface area contributed by atoms with Crippen molar-refractivity contribution in [3.05, 3.63) is 35.3 Å². The first-order valence-electron chi connectivity index (χ1n) is 6.30. The molecule has 1 aromatic heterocycles. The fourth-order valence-corrected chi connectivity index (χ4v) is 2.28. The number of para-hydroxylation sites is 2. The van der Waals surface area contributed by atoms with Gasteiger partial charge in [0, 0.05) is 12.3 Å². The molecule has 0 spiro atoms. The Morgan fingerprint density at radius 3 is 2.65 bits per heavy atom. The molecule has 10 heteroatoms. The Morgan fingerprint density at radius 1 is 1.35 bits per heavy atom. The van der Waals surface area contributed by atoms with Crippen molar-refractivity contribution in [1.29, 1.82) is 0 Å². The van der Waals surface area contributed by atoms with Gasteiger partial charge in [0.15, 0.2) is 11.4 Å². The van der Waals surface area contributed by atoms with Gasteiger partial charge in [-0.05, 0) is 12.1 Å². The van der Waals surface area contributed by atoms with Crippen LogP contribution in [0.1, 0.15) is 18.9 Å². The minimum Gasteiger partial charge on any atom is -0.431 e. The summed E-state index contributed by atoms with van der Waals surface area (Å²) in [5, 5.41) is 24.0. The van der Waals surface area contributed by atoms with Gasteiger partial charge in [0.2, 0.25) is 0 Å². The Hall–Kier alpha value is -2.30. The van der Waals surface area contributed by atoms with Gasteiger partial charge in [-0.3, -0.25) is 5.32 Å². The Labute approximate surface area is 133 Å². The third-order valence-corrected chi connectivity index (χ3v) is 3.21. The topological polar surface area (TPSA) is 104 Å². The fraction of sp³-hybridized carbons (Fsp3) is 0.231. The summed E-state index contributed by atoms with van der Waals surface area (Å²) in [6.07, 6.45) is -5.14. The maximum Gasteiger partial charge on any atom is 0.394 e. The van der Waals surface area contributed by atoms with Crippen molar-refractivity contribution < 1.29 is 28.5 Å². The van der Waals surface area contributed by atoms with Gasteiger partial charge in [0.1, 0.15) is 11.4 Å². The number of aromatic nitrogens is 1. The number of aliphatic hydroxyl groups excluding tert-OH is 1. The maximum atomic E-state index is 12.9. The van der Waals surface area contributed by atoms with E-state index in [1.807, 2.05) is 0 Å². The second kappa shape index (κ2) is 6.86. The molecule has 23 heavy (non-hydrogen) atoms. The molecule has 2 aromatic rings. The van der Waals surface area contributed by atoms with E-state index in [0.29, 0.717) is 6.92 Å². The van der Waals surface area contributed by atoms with Crippen molar-refractivity contribution in [2.75, 3.05) is 10.6 Å². The number of nitrogens with one attached hydrogen (secondary N) is 2. The van der Waals surface area contributed by atoms with Crippen LogP contribution in [0.3, 0.4) is 0 Å². The van der Waals surface area contributed by atoms with Crippen molar-refractivity contribution in [1.82, 2.24) is 4.98 Å². The molecule has 0 bridgehead atoms. The summed E-state index contributed by atoms with van der Waals surface area (Å²) in [5.41, 5.74) is 0.0326. The number of amides is 2. The summed E-state index contributed by atoms with van der Waals surface area (Å²) in [6.45, 7) is 0.584. The normalized spacial score (nSPS) is 11.4. The first-order chi connectivity index (χ1) is 10.7. The third-order valence-electron chi connectivity index (χ3n) is 2.43. The van der Waals surface area contributed by atoms with Gasteiger partial charge >= 0.3 is 12.1 Å². The molecule has 4 N–H and O–H groups in total. The number of carbonyl (C=O) groups excluding carboxylic acids is 1. The predicted octanol–water partition coefficient (Wildman–Crippen LogP) is 2.76. The molecule has 2 amide bonds. The first-order valence-corrected chi connectivity index (χ1v) is 7.18. The molecule has 124 valence electrons. The van der Waals surface area contributed by atoms with E-state index >= 15 is 0 Å². The second-order valence-corrected chi connectivity index (χ2v) is 5.29. The number of thiazole rings is 1. The summed E-state index contributed by atoms with van der Waals surface area (Å²) < 4.78 is 30.4. The van der Waals surface area contributed by atoms with E-state index in [2.05, 4.69) is 20.4 Å². The summed E-state index contributed by atoms with van der Waals surface area (Å²) in [5.74, 6) is -0.194. The number of nitrogens with zero attached hydrogens (tertiary/aromatic N) is 1. The van der Waals surface area contributed by atoms with Gasteiger partial charge in [0.05, 0.1) is 5.69 Å². The van der Waals surface area contributed by atoms with Gasteiger partial charge in [-0.1, -0.05) is 12.1 Å². The highest BCUT2D eigenvalue weighted by Crippen LogP contribution is 2.29. The molecular formula is C13H13F2N3O4S. The first kappa shape index (κ1) is 17.1.